The van der Waals surface area contributed by atoms with Gasteiger partial charge in [0.1, 0.15) is 11.3 Å². The Kier molecular flexibility index (Phi) is 5.73. The number of imidazole rings is 1. The number of carbonyl (C=O) groups is 2. The van der Waals surface area contributed by atoms with Crippen molar-refractivity contribution in [1.82, 2.24) is 14.4 Å². The zero-order valence-electron chi connectivity index (χ0n) is 21.1. The van der Waals surface area contributed by atoms with Crippen molar-refractivity contribution in [3.63, 3.8) is 0 Å². The van der Waals surface area contributed by atoms with Gasteiger partial charge in [-0.3, -0.25) is 14.5 Å². The summed E-state index contributed by atoms with van der Waals surface area (Å²) >= 11 is 4.82. The van der Waals surface area contributed by atoms with E-state index in [9.17, 15) is 14.7 Å². The van der Waals surface area contributed by atoms with Crippen LogP contribution in [0.2, 0.25) is 0 Å². The maximum Gasteiger partial charge on any atom is 0.301 e. The number of pyridine rings is 1. The number of aromatic nitrogens is 3. The van der Waals surface area contributed by atoms with E-state index in [1.807, 2.05) is 86.8 Å². The van der Waals surface area contributed by atoms with Crippen LogP contribution in [-0.2, 0) is 9.59 Å². The molecular formula is C29H23BrN4O3S. The van der Waals surface area contributed by atoms with Crippen LogP contribution >= 0.6 is 27.3 Å². The van der Waals surface area contributed by atoms with E-state index >= 15 is 0 Å². The molecule has 1 amide bonds. The summed E-state index contributed by atoms with van der Waals surface area (Å²) in [5.41, 5.74) is 6.11. The molecule has 2 aromatic carbocycles. The normalized spacial score (nSPS) is 17.3. The number of aliphatic hydroxyl groups is 1. The van der Waals surface area contributed by atoms with Crippen LogP contribution in [0.25, 0.3) is 21.6 Å². The van der Waals surface area contributed by atoms with Crippen LogP contribution in [0.1, 0.15) is 39.7 Å². The minimum atomic E-state index is -0.865. The van der Waals surface area contributed by atoms with Crippen LogP contribution < -0.4 is 4.90 Å². The molecule has 1 N–H and O–H groups in total. The van der Waals surface area contributed by atoms with Crippen molar-refractivity contribution in [3.05, 3.63) is 98.4 Å². The molecule has 0 spiro atoms. The number of amides is 1. The van der Waals surface area contributed by atoms with Gasteiger partial charge in [0.05, 0.1) is 27.5 Å². The van der Waals surface area contributed by atoms with E-state index in [1.165, 1.54) is 16.2 Å². The first-order valence-corrected chi connectivity index (χ1v) is 13.7. The van der Waals surface area contributed by atoms with E-state index in [0.29, 0.717) is 22.0 Å². The van der Waals surface area contributed by atoms with E-state index in [0.717, 1.165) is 31.4 Å². The lowest BCUT2D eigenvalue weighted by molar-refractivity contribution is -0.132. The number of carbonyl (C=O) groups excluding carboxylic acids is 2. The highest BCUT2D eigenvalue weighted by Crippen LogP contribution is 2.45. The quantitative estimate of drug-likeness (QED) is 0.147. The van der Waals surface area contributed by atoms with E-state index in [-0.39, 0.29) is 17.0 Å². The molecule has 7 nitrogen and oxygen atoms in total. The number of benzene rings is 2. The van der Waals surface area contributed by atoms with Gasteiger partial charge in [0.25, 0.3) is 5.78 Å². The Morgan fingerprint density at radius 1 is 1.00 bits per heavy atom. The lowest BCUT2D eigenvalue weighted by Crippen LogP contribution is -2.29. The van der Waals surface area contributed by atoms with Crippen molar-refractivity contribution in [1.29, 1.82) is 0 Å². The van der Waals surface area contributed by atoms with E-state index < -0.39 is 17.7 Å². The average Bonchev–Trinajstić information content (AvgIpc) is 3.53. The third-order valence-electron chi connectivity index (χ3n) is 6.96. The molecule has 0 radical (unpaired) electrons. The Labute approximate surface area is 231 Å². The van der Waals surface area contributed by atoms with Gasteiger partial charge >= 0.3 is 5.91 Å². The van der Waals surface area contributed by atoms with Gasteiger partial charge in [0.2, 0.25) is 0 Å². The Morgan fingerprint density at radius 3 is 2.45 bits per heavy atom. The lowest BCUT2D eigenvalue weighted by atomic mass is 9.96. The van der Waals surface area contributed by atoms with Crippen LogP contribution in [0.4, 0.5) is 5.13 Å². The first-order valence-electron chi connectivity index (χ1n) is 12.0. The number of aliphatic hydroxyl groups excluding tert-OH is 1. The van der Waals surface area contributed by atoms with Crippen LogP contribution in [-0.4, -0.2) is 31.2 Å². The fourth-order valence-electron chi connectivity index (χ4n) is 5.13. The minimum absolute atomic E-state index is 0.00589. The predicted octanol–water partition coefficient (Wildman–Crippen LogP) is 6.57. The summed E-state index contributed by atoms with van der Waals surface area (Å²) in [7, 11) is 0. The molecule has 4 heterocycles. The van der Waals surface area contributed by atoms with Crippen LogP contribution in [0, 0.1) is 27.7 Å². The second-order valence-electron chi connectivity index (χ2n) is 9.58. The smallest absolute Gasteiger partial charge is 0.301 e. The average molecular weight is 587 g/mol. The molecule has 38 heavy (non-hydrogen) atoms. The number of Topliss-reactive ketones (excluding diaryl/α,β-unsaturated/α-hetero) is 1. The summed E-state index contributed by atoms with van der Waals surface area (Å²) < 4.78 is 3.66. The standard InChI is InChI=1S/C29H23BrN4O3S/c1-14-12-16(3)22-20(13-14)38-29(32-22)34-24(18-7-9-19(30)10-8-18)21(26(36)28(34)37)25(35)23-17(4)33-11-5-6-15(2)27(33)31-23/h5-13,24,35H,1-4H3/b25-21+. The number of hydrogen-bond donors (Lipinski definition) is 1. The number of halogens is 1. The van der Waals surface area contributed by atoms with Gasteiger partial charge in [0.15, 0.2) is 10.9 Å². The number of rotatable bonds is 3. The molecule has 1 aliphatic heterocycles. The SMILES string of the molecule is Cc1cc(C)c2nc(N3C(=O)C(=O)/C(=C(/O)c4nc5c(C)cccn5c4C)C3c3ccc(Br)cc3)sc2c1. The molecule has 5 aromatic rings. The fourth-order valence-corrected chi connectivity index (χ4v) is 6.56. The maximum absolute atomic E-state index is 13.6. The van der Waals surface area contributed by atoms with Gasteiger partial charge in [-0.1, -0.05) is 51.5 Å². The lowest BCUT2D eigenvalue weighted by Gasteiger charge is -2.22. The third kappa shape index (κ3) is 3.68. The highest BCUT2D eigenvalue weighted by molar-refractivity contribution is 9.10. The monoisotopic (exact) mass is 586 g/mol. The number of nitrogens with zero attached hydrogens (tertiary/aromatic N) is 4. The second-order valence-corrected chi connectivity index (χ2v) is 11.5. The molecule has 0 saturated carbocycles. The fraction of sp³-hybridized carbons (Fsp3) is 0.172. The molecule has 190 valence electrons. The highest BCUT2D eigenvalue weighted by atomic mass is 79.9. The summed E-state index contributed by atoms with van der Waals surface area (Å²) in [6.45, 7) is 7.76. The van der Waals surface area contributed by atoms with Gasteiger partial charge in [0, 0.05) is 10.7 Å². The molecule has 9 heteroatoms. The summed E-state index contributed by atoms with van der Waals surface area (Å²) in [6, 6.07) is 14.4. The third-order valence-corrected chi connectivity index (χ3v) is 8.49. The van der Waals surface area contributed by atoms with Gasteiger partial charge < -0.3 is 9.51 Å². The number of thiazole rings is 1. The van der Waals surface area contributed by atoms with Crippen LogP contribution in [0.15, 0.2) is 64.8 Å². The van der Waals surface area contributed by atoms with E-state index in [2.05, 4.69) is 20.9 Å². The van der Waals surface area contributed by atoms with Crippen LogP contribution in [0.3, 0.4) is 0 Å². The predicted molar refractivity (Wildman–Crippen MR) is 153 cm³/mol. The number of hydrogen-bond acceptors (Lipinski definition) is 6. The molecule has 1 aliphatic rings. The van der Waals surface area contributed by atoms with Crippen molar-refractivity contribution in [2.75, 3.05) is 4.90 Å². The first-order chi connectivity index (χ1) is 18.2. The summed E-state index contributed by atoms with van der Waals surface area (Å²) in [6.07, 6.45) is 1.86. The Balaban J connectivity index is 1.60. The van der Waals surface area contributed by atoms with Gasteiger partial charge in [-0.25, -0.2) is 9.97 Å². The molecule has 0 bridgehead atoms. The number of fused-ring (bicyclic) bond motifs is 2. The first kappa shape index (κ1) is 24.5. The van der Waals surface area contributed by atoms with Gasteiger partial charge in [-0.15, -0.1) is 0 Å². The molecule has 1 unspecified atom stereocenters. The zero-order chi connectivity index (χ0) is 26.9. The maximum atomic E-state index is 13.6. The van der Waals surface area contributed by atoms with Crippen LogP contribution in [0.5, 0.6) is 0 Å². The second kappa shape index (κ2) is 8.89. The Morgan fingerprint density at radius 2 is 1.74 bits per heavy atom. The van der Waals surface area contributed by atoms with E-state index in [4.69, 9.17) is 4.98 Å². The number of aryl methyl sites for hydroxylation is 4. The van der Waals surface area contributed by atoms with Crippen molar-refractivity contribution < 1.29 is 14.7 Å². The van der Waals surface area contributed by atoms with E-state index in [1.54, 1.807) is 0 Å². The van der Waals surface area contributed by atoms with Gasteiger partial charge in [-0.05, 0) is 74.2 Å². The molecular weight excluding hydrogens is 564 g/mol. The van der Waals surface area contributed by atoms with Crippen molar-refractivity contribution in [2.45, 2.75) is 33.7 Å². The number of anilines is 1. The number of ketones is 1. The minimum Gasteiger partial charge on any atom is -0.505 e. The van der Waals surface area contributed by atoms with Crippen molar-refractivity contribution in [3.8, 4) is 0 Å². The summed E-state index contributed by atoms with van der Waals surface area (Å²) in [5.74, 6) is -1.80. The molecule has 0 aliphatic carbocycles. The molecule has 3 aromatic heterocycles. The highest BCUT2D eigenvalue weighted by Gasteiger charge is 2.48. The Hall–Kier alpha value is -3.82. The largest absolute Gasteiger partial charge is 0.505 e. The topological polar surface area (TPSA) is 87.8 Å². The molecule has 1 fully saturated rings. The van der Waals surface area contributed by atoms with Crippen molar-refractivity contribution >= 4 is 65.7 Å². The van der Waals surface area contributed by atoms with Crippen molar-refractivity contribution in [2.24, 2.45) is 0 Å². The molecule has 1 atom stereocenters. The molecule has 6 rings (SSSR count). The summed E-state index contributed by atoms with van der Waals surface area (Å²) in [5, 5.41) is 12.0. The Bertz CT molecular complexity index is 1830. The zero-order valence-corrected chi connectivity index (χ0v) is 23.5. The molecule has 1 saturated heterocycles. The van der Waals surface area contributed by atoms with Gasteiger partial charge in [-0.2, -0.15) is 0 Å². The summed E-state index contributed by atoms with van der Waals surface area (Å²) in [4.78, 5) is 38.1.